The van der Waals surface area contributed by atoms with Gasteiger partial charge >= 0.3 is 0 Å². The fourth-order valence-electron chi connectivity index (χ4n) is 2.20. The van der Waals surface area contributed by atoms with Gasteiger partial charge in [-0.3, -0.25) is 0 Å². The minimum atomic E-state index is -0.247. The van der Waals surface area contributed by atoms with Gasteiger partial charge in [-0.25, -0.2) is 4.39 Å². The third-order valence-electron chi connectivity index (χ3n) is 3.37. The number of rotatable bonds is 4. The topological polar surface area (TPSA) is 18.5 Å². The van der Waals surface area contributed by atoms with Crippen molar-refractivity contribution in [3.63, 3.8) is 0 Å². The minimum absolute atomic E-state index is 0.217. The van der Waals surface area contributed by atoms with Crippen molar-refractivity contribution in [1.82, 2.24) is 0 Å². The van der Waals surface area contributed by atoms with Crippen LogP contribution < -0.4 is 9.47 Å². The number of fused-ring (bicyclic) bond motifs is 1. The van der Waals surface area contributed by atoms with Crippen LogP contribution in [0.25, 0.3) is 10.8 Å². The lowest BCUT2D eigenvalue weighted by Crippen LogP contribution is -1.98. The summed E-state index contributed by atoms with van der Waals surface area (Å²) in [4.78, 5) is 0. The van der Waals surface area contributed by atoms with E-state index < -0.39 is 0 Å². The highest BCUT2D eigenvalue weighted by Gasteiger charge is 2.03. The van der Waals surface area contributed by atoms with Crippen LogP contribution in [0.2, 0.25) is 0 Å². The average Bonchev–Trinajstić information content (AvgIpc) is 2.53. The molecule has 3 heteroatoms. The molecule has 3 aromatic carbocycles. The van der Waals surface area contributed by atoms with Crippen molar-refractivity contribution in [2.45, 2.75) is 6.61 Å². The van der Waals surface area contributed by atoms with Crippen LogP contribution in [-0.2, 0) is 6.61 Å². The van der Waals surface area contributed by atoms with Gasteiger partial charge in [0.25, 0.3) is 0 Å². The molecule has 2 nitrogen and oxygen atoms in total. The van der Waals surface area contributed by atoms with Crippen molar-refractivity contribution in [3.05, 3.63) is 72.0 Å². The fraction of sp³-hybridized carbons (Fsp3) is 0.111. The Labute approximate surface area is 122 Å². The summed E-state index contributed by atoms with van der Waals surface area (Å²) in [7, 11) is 1.65. The van der Waals surface area contributed by atoms with Crippen LogP contribution in [0.4, 0.5) is 4.39 Å². The second-order valence-corrected chi connectivity index (χ2v) is 4.75. The maximum atomic E-state index is 13.5. The van der Waals surface area contributed by atoms with E-state index >= 15 is 0 Å². The molecule has 0 atom stereocenters. The van der Waals surface area contributed by atoms with Crippen molar-refractivity contribution >= 4 is 10.8 Å². The molecule has 0 aromatic heterocycles. The standard InChI is InChI=1S/C18H15FO2/c1-20-16-8-6-14-11-17(9-7-13(14)10-16)21-12-15-4-2-3-5-18(15)19/h2-11H,12H2,1H3. The van der Waals surface area contributed by atoms with Crippen LogP contribution in [-0.4, -0.2) is 7.11 Å². The number of hydrogen-bond acceptors (Lipinski definition) is 2. The van der Waals surface area contributed by atoms with Crippen LogP contribution in [0.1, 0.15) is 5.56 Å². The Morgan fingerprint density at radius 1 is 0.857 bits per heavy atom. The van der Waals surface area contributed by atoms with Gasteiger partial charge in [-0.2, -0.15) is 0 Å². The van der Waals surface area contributed by atoms with Crippen molar-refractivity contribution in [3.8, 4) is 11.5 Å². The van der Waals surface area contributed by atoms with Crippen LogP contribution in [0.15, 0.2) is 60.7 Å². The molecule has 3 aromatic rings. The molecule has 21 heavy (non-hydrogen) atoms. The lowest BCUT2D eigenvalue weighted by molar-refractivity contribution is 0.300. The van der Waals surface area contributed by atoms with Crippen molar-refractivity contribution in [1.29, 1.82) is 0 Å². The summed E-state index contributed by atoms with van der Waals surface area (Å²) in [5.41, 5.74) is 0.548. The molecule has 0 heterocycles. The predicted molar refractivity (Wildman–Crippen MR) is 81.2 cm³/mol. The Balaban J connectivity index is 1.80. The third-order valence-corrected chi connectivity index (χ3v) is 3.37. The zero-order valence-corrected chi connectivity index (χ0v) is 11.7. The monoisotopic (exact) mass is 282 g/mol. The fourth-order valence-corrected chi connectivity index (χ4v) is 2.20. The number of halogens is 1. The molecule has 0 bridgehead atoms. The first-order chi connectivity index (χ1) is 10.3. The summed E-state index contributed by atoms with van der Waals surface area (Å²) >= 11 is 0. The van der Waals surface area contributed by atoms with Crippen molar-refractivity contribution in [2.24, 2.45) is 0 Å². The van der Waals surface area contributed by atoms with Gasteiger partial charge in [0.2, 0.25) is 0 Å². The van der Waals surface area contributed by atoms with E-state index in [4.69, 9.17) is 9.47 Å². The van der Waals surface area contributed by atoms with E-state index in [0.29, 0.717) is 5.56 Å². The van der Waals surface area contributed by atoms with E-state index in [0.717, 1.165) is 22.3 Å². The number of hydrogen-bond donors (Lipinski definition) is 0. The molecule has 0 amide bonds. The average molecular weight is 282 g/mol. The molecular weight excluding hydrogens is 267 g/mol. The van der Waals surface area contributed by atoms with E-state index in [1.807, 2.05) is 36.4 Å². The summed E-state index contributed by atoms with van der Waals surface area (Å²) < 4.78 is 24.4. The van der Waals surface area contributed by atoms with Crippen molar-refractivity contribution in [2.75, 3.05) is 7.11 Å². The Bertz CT molecular complexity index is 768. The van der Waals surface area contributed by atoms with E-state index in [2.05, 4.69) is 0 Å². The van der Waals surface area contributed by atoms with Crippen LogP contribution in [0.5, 0.6) is 11.5 Å². The maximum Gasteiger partial charge on any atom is 0.129 e. The highest BCUT2D eigenvalue weighted by atomic mass is 19.1. The molecule has 0 aliphatic carbocycles. The van der Waals surface area contributed by atoms with E-state index in [1.54, 1.807) is 25.3 Å². The van der Waals surface area contributed by atoms with Gasteiger partial charge in [-0.15, -0.1) is 0 Å². The summed E-state index contributed by atoms with van der Waals surface area (Å²) in [6.07, 6.45) is 0. The van der Waals surface area contributed by atoms with Gasteiger partial charge in [0, 0.05) is 5.56 Å². The van der Waals surface area contributed by atoms with Crippen LogP contribution in [0.3, 0.4) is 0 Å². The van der Waals surface area contributed by atoms with E-state index in [-0.39, 0.29) is 12.4 Å². The number of ether oxygens (including phenoxy) is 2. The highest BCUT2D eigenvalue weighted by molar-refractivity contribution is 5.85. The Morgan fingerprint density at radius 3 is 2.24 bits per heavy atom. The molecule has 0 spiro atoms. The van der Waals surface area contributed by atoms with Gasteiger partial charge in [0.15, 0.2) is 0 Å². The largest absolute Gasteiger partial charge is 0.497 e. The molecule has 0 saturated heterocycles. The number of methoxy groups -OCH3 is 1. The van der Waals surface area contributed by atoms with E-state index in [9.17, 15) is 4.39 Å². The second kappa shape index (κ2) is 5.83. The number of benzene rings is 3. The highest BCUT2D eigenvalue weighted by Crippen LogP contribution is 2.25. The molecule has 0 aliphatic heterocycles. The quantitative estimate of drug-likeness (QED) is 0.698. The molecule has 0 radical (unpaired) electrons. The second-order valence-electron chi connectivity index (χ2n) is 4.75. The SMILES string of the molecule is COc1ccc2cc(OCc3ccccc3F)ccc2c1. The Hall–Kier alpha value is -2.55. The Kier molecular flexibility index (Phi) is 3.73. The molecule has 0 N–H and O–H groups in total. The summed E-state index contributed by atoms with van der Waals surface area (Å²) in [6.45, 7) is 0.217. The lowest BCUT2D eigenvalue weighted by Gasteiger charge is -2.09. The molecule has 3 rings (SSSR count). The molecule has 0 fully saturated rings. The maximum absolute atomic E-state index is 13.5. The first kappa shape index (κ1) is 13.4. The first-order valence-electron chi connectivity index (χ1n) is 6.70. The molecular formula is C18H15FO2. The summed E-state index contributed by atoms with van der Waals surface area (Å²) in [5.74, 6) is 1.29. The zero-order valence-electron chi connectivity index (χ0n) is 11.7. The van der Waals surface area contributed by atoms with Gasteiger partial charge in [-0.1, -0.05) is 30.3 Å². The molecule has 106 valence electrons. The van der Waals surface area contributed by atoms with Crippen molar-refractivity contribution < 1.29 is 13.9 Å². The van der Waals surface area contributed by atoms with Crippen LogP contribution in [0, 0.1) is 5.82 Å². The summed E-state index contributed by atoms with van der Waals surface area (Å²) in [5, 5.41) is 2.13. The van der Waals surface area contributed by atoms with Gasteiger partial charge in [-0.05, 0) is 41.1 Å². The molecule has 0 saturated carbocycles. The smallest absolute Gasteiger partial charge is 0.129 e. The molecule has 0 unspecified atom stereocenters. The first-order valence-corrected chi connectivity index (χ1v) is 6.70. The normalized spacial score (nSPS) is 10.6. The molecule has 0 aliphatic rings. The summed E-state index contributed by atoms with van der Waals surface area (Å²) in [6, 6.07) is 18.3. The van der Waals surface area contributed by atoms with E-state index in [1.165, 1.54) is 6.07 Å². The zero-order chi connectivity index (χ0) is 14.7. The predicted octanol–water partition coefficient (Wildman–Crippen LogP) is 4.57. The van der Waals surface area contributed by atoms with Gasteiger partial charge in [0.05, 0.1) is 7.11 Å². The third kappa shape index (κ3) is 2.97. The van der Waals surface area contributed by atoms with Gasteiger partial charge < -0.3 is 9.47 Å². The minimum Gasteiger partial charge on any atom is -0.497 e. The van der Waals surface area contributed by atoms with Crippen LogP contribution >= 0.6 is 0 Å². The lowest BCUT2D eigenvalue weighted by atomic mass is 10.1. The Morgan fingerprint density at radius 2 is 1.52 bits per heavy atom. The van der Waals surface area contributed by atoms with Gasteiger partial charge in [0.1, 0.15) is 23.9 Å².